The molecule has 0 aromatic heterocycles. The van der Waals surface area contributed by atoms with Gasteiger partial charge in [0, 0.05) is 24.3 Å². The summed E-state index contributed by atoms with van der Waals surface area (Å²) in [6.45, 7) is 2.46. The molecule has 0 aromatic carbocycles. The molecule has 1 unspecified atom stereocenters. The molecule has 0 amide bonds. The molecule has 0 radical (unpaired) electrons. The van der Waals surface area contributed by atoms with Gasteiger partial charge < -0.3 is 11.1 Å². The summed E-state index contributed by atoms with van der Waals surface area (Å²) >= 11 is 0. The molecule has 16 heavy (non-hydrogen) atoms. The summed E-state index contributed by atoms with van der Waals surface area (Å²) in [6, 6.07) is 0. The molecule has 5 N–H and O–H groups in total. The molecule has 0 aromatic rings. The van der Waals surface area contributed by atoms with Crippen molar-refractivity contribution >= 4 is 10.3 Å². The van der Waals surface area contributed by atoms with Gasteiger partial charge in [0.1, 0.15) is 0 Å². The van der Waals surface area contributed by atoms with Gasteiger partial charge in [0.05, 0.1) is 0 Å². The van der Waals surface area contributed by atoms with E-state index in [0.717, 1.165) is 12.1 Å². The lowest BCUT2D eigenvalue weighted by Crippen LogP contribution is -2.36. The Morgan fingerprint density at radius 1 is 1.56 bits per heavy atom. The standard InChI is InChI=1S/C9H17N3O3S/c1-9(10)4-2-8(3-5-9)11-6-7-12-16(13,14)15/h2-4,11-12H,5-7,10H2,1H3,(H,13,14,15). The van der Waals surface area contributed by atoms with Crippen molar-refractivity contribution in [2.75, 3.05) is 13.1 Å². The molecule has 1 rings (SSSR count). The Kier molecular flexibility index (Phi) is 4.09. The summed E-state index contributed by atoms with van der Waals surface area (Å²) in [5.41, 5.74) is 6.46. The largest absolute Gasteiger partial charge is 0.384 e. The fourth-order valence-electron chi connectivity index (χ4n) is 1.26. The highest BCUT2D eigenvalue weighted by atomic mass is 32.2. The summed E-state index contributed by atoms with van der Waals surface area (Å²) in [5.74, 6) is 0. The van der Waals surface area contributed by atoms with Crippen LogP contribution in [0.25, 0.3) is 0 Å². The van der Waals surface area contributed by atoms with Crippen LogP contribution in [0.4, 0.5) is 0 Å². The first-order chi connectivity index (χ1) is 7.29. The van der Waals surface area contributed by atoms with E-state index in [1.165, 1.54) is 0 Å². The Balaban J connectivity index is 2.26. The zero-order valence-electron chi connectivity index (χ0n) is 9.10. The first kappa shape index (κ1) is 13.2. The van der Waals surface area contributed by atoms with Gasteiger partial charge in [-0.3, -0.25) is 4.55 Å². The Labute approximate surface area is 95.5 Å². The molecule has 0 fully saturated rings. The first-order valence-corrected chi connectivity index (χ1v) is 6.37. The molecule has 0 heterocycles. The zero-order chi connectivity index (χ0) is 12.2. The summed E-state index contributed by atoms with van der Waals surface area (Å²) in [5, 5.41) is 3.01. The van der Waals surface area contributed by atoms with Crippen molar-refractivity contribution in [3.8, 4) is 0 Å². The van der Waals surface area contributed by atoms with E-state index in [-0.39, 0.29) is 12.1 Å². The van der Waals surface area contributed by atoms with Crippen LogP contribution in [0.1, 0.15) is 13.3 Å². The van der Waals surface area contributed by atoms with Gasteiger partial charge in [0.25, 0.3) is 0 Å². The van der Waals surface area contributed by atoms with E-state index in [1.54, 1.807) is 0 Å². The van der Waals surface area contributed by atoms with Gasteiger partial charge in [-0.2, -0.15) is 13.1 Å². The molecular weight excluding hydrogens is 230 g/mol. The number of hydrogen-bond donors (Lipinski definition) is 4. The van der Waals surface area contributed by atoms with Gasteiger partial charge in [-0.25, -0.2) is 0 Å². The summed E-state index contributed by atoms with van der Waals surface area (Å²) in [4.78, 5) is 0. The van der Waals surface area contributed by atoms with Crippen LogP contribution in [0.5, 0.6) is 0 Å². The van der Waals surface area contributed by atoms with Crippen molar-refractivity contribution in [2.45, 2.75) is 18.9 Å². The maximum absolute atomic E-state index is 10.3. The molecule has 92 valence electrons. The van der Waals surface area contributed by atoms with Crippen LogP contribution in [0.3, 0.4) is 0 Å². The van der Waals surface area contributed by atoms with Gasteiger partial charge in [-0.1, -0.05) is 12.2 Å². The summed E-state index contributed by atoms with van der Waals surface area (Å²) < 4.78 is 31.1. The zero-order valence-corrected chi connectivity index (χ0v) is 9.92. The van der Waals surface area contributed by atoms with Crippen molar-refractivity contribution < 1.29 is 13.0 Å². The number of nitrogens with one attached hydrogen (secondary N) is 2. The van der Waals surface area contributed by atoms with Crippen LogP contribution >= 0.6 is 0 Å². The highest BCUT2D eigenvalue weighted by Gasteiger charge is 2.15. The predicted molar refractivity (Wildman–Crippen MR) is 62.0 cm³/mol. The predicted octanol–water partition coefficient (Wildman–Crippen LogP) is -0.470. The summed E-state index contributed by atoms with van der Waals surface area (Å²) in [6.07, 6.45) is 6.44. The quantitative estimate of drug-likeness (QED) is 0.388. The molecule has 7 heteroatoms. The van der Waals surface area contributed by atoms with Crippen LogP contribution in [-0.2, 0) is 10.3 Å². The molecule has 0 bridgehead atoms. The molecule has 0 spiro atoms. The van der Waals surface area contributed by atoms with Gasteiger partial charge in [-0.15, -0.1) is 0 Å². The van der Waals surface area contributed by atoms with Gasteiger partial charge in [0.2, 0.25) is 0 Å². The van der Waals surface area contributed by atoms with Crippen molar-refractivity contribution in [3.05, 3.63) is 23.9 Å². The SMILES string of the molecule is CC1(N)C=CC(NCCNS(=O)(=O)O)=CC1. The minimum absolute atomic E-state index is 0.129. The fraction of sp³-hybridized carbons (Fsp3) is 0.556. The van der Waals surface area contributed by atoms with E-state index < -0.39 is 10.3 Å². The third-order valence-corrected chi connectivity index (χ3v) is 2.71. The molecule has 1 atom stereocenters. The second-order valence-electron chi connectivity index (χ2n) is 4.00. The van der Waals surface area contributed by atoms with Gasteiger partial charge in [-0.05, 0) is 19.4 Å². The van der Waals surface area contributed by atoms with Crippen LogP contribution in [0, 0.1) is 0 Å². The van der Waals surface area contributed by atoms with E-state index in [2.05, 4.69) is 5.32 Å². The van der Waals surface area contributed by atoms with Crippen LogP contribution in [0.15, 0.2) is 23.9 Å². The third-order valence-electron chi connectivity index (χ3n) is 2.14. The van der Waals surface area contributed by atoms with Crippen molar-refractivity contribution in [1.29, 1.82) is 0 Å². The lowest BCUT2D eigenvalue weighted by atomic mass is 9.94. The van der Waals surface area contributed by atoms with Crippen molar-refractivity contribution in [2.24, 2.45) is 5.73 Å². The minimum atomic E-state index is -4.09. The van der Waals surface area contributed by atoms with E-state index in [0.29, 0.717) is 6.54 Å². The molecular formula is C9H17N3O3S. The smallest absolute Gasteiger partial charge is 0.333 e. The van der Waals surface area contributed by atoms with E-state index in [9.17, 15) is 8.42 Å². The monoisotopic (exact) mass is 247 g/mol. The Morgan fingerprint density at radius 2 is 2.25 bits per heavy atom. The number of nitrogens with two attached hydrogens (primary N) is 1. The molecule has 0 saturated heterocycles. The number of hydrogen-bond acceptors (Lipinski definition) is 4. The highest BCUT2D eigenvalue weighted by Crippen LogP contribution is 2.15. The molecule has 0 aliphatic heterocycles. The Morgan fingerprint density at radius 3 is 2.75 bits per heavy atom. The van der Waals surface area contributed by atoms with E-state index in [1.807, 2.05) is 29.9 Å². The van der Waals surface area contributed by atoms with Crippen LogP contribution in [-0.4, -0.2) is 31.6 Å². The third kappa shape index (κ3) is 5.26. The second-order valence-corrected chi connectivity index (χ2v) is 5.24. The molecule has 6 nitrogen and oxygen atoms in total. The average Bonchev–Trinajstić information content (AvgIpc) is 2.13. The Bertz CT molecular complexity index is 398. The van der Waals surface area contributed by atoms with Crippen molar-refractivity contribution in [1.82, 2.24) is 10.0 Å². The van der Waals surface area contributed by atoms with Crippen LogP contribution < -0.4 is 15.8 Å². The Hall–Kier alpha value is -0.890. The number of rotatable bonds is 5. The molecule has 0 saturated carbocycles. The van der Waals surface area contributed by atoms with Crippen molar-refractivity contribution in [3.63, 3.8) is 0 Å². The normalized spacial score (nSPS) is 25.3. The maximum atomic E-state index is 10.3. The molecule has 1 aliphatic carbocycles. The topological polar surface area (TPSA) is 104 Å². The molecule has 1 aliphatic rings. The van der Waals surface area contributed by atoms with E-state index >= 15 is 0 Å². The van der Waals surface area contributed by atoms with Gasteiger partial charge >= 0.3 is 10.3 Å². The highest BCUT2D eigenvalue weighted by molar-refractivity contribution is 7.83. The summed E-state index contributed by atoms with van der Waals surface area (Å²) in [7, 11) is -4.09. The lowest BCUT2D eigenvalue weighted by Gasteiger charge is -2.23. The van der Waals surface area contributed by atoms with Crippen LogP contribution in [0.2, 0.25) is 0 Å². The fourth-order valence-corrected chi connectivity index (χ4v) is 1.62. The second kappa shape index (κ2) is 4.96. The lowest BCUT2D eigenvalue weighted by molar-refractivity contribution is 0.467. The minimum Gasteiger partial charge on any atom is -0.384 e. The van der Waals surface area contributed by atoms with E-state index in [4.69, 9.17) is 10.3 Å². The van der Waals surface area contributed by atoms with Gasteiger partial charge in [0.15, 0.2) is 0 Å². The number of allylic oxidation sites excluding steroid dienone is 1. The maximum Gasteiger partial charge on any atom is 0.333 e. The first-order valence-electron chi connectivity index (χ1n) is 4.93. The average molecular weight is 247 g/mol.